The van der Waals surface area contributed by atoms with Crippen LogP contribution in [0.1, 0.15) is 52.9 Å². The smallest absolute Gasteiger partial charge is 0.0593 e. The third kappa shape index (κ3) is 3.71. The summed E-state index contributed by atoms with van der Waals surface area (Å²) in [6.07, 6.45) is 6.20. The number of rotatable bonds is 3. The highest BCUT2D eigenvalue weighted by molar-refractivity contribution is 4.93. The number of hydrogen-bond acceptors (Lipinski definition) is 3. The number of nitrogens with two attached hydrogens (primary N) is 1. The van der Waals surface area contributed by atoms with Crippen molar-refractivity contribution in [3.63, 3.8) is 0 Å². The quantitative estimate of drug-likeness (QED) is 0.855. The fourth-order valence-electron chi connectivity index (χ4n) is 3.69. The van der Waals surface area contributed by atoms with Gasteiger partial charge >= 0.3 is 0 Å². The van der Waals surface area contributed by atoms with E-state index in [0.717, 1.165) is 38.6 Å². The molecule has 0 radical (unpaired) electrons. The van der Waals surface area contributed by atoms with Gasteiger partial charge in [0.15, 0.2) is 0 Å². The molecule has 3 nitrogen and oxygen atoms in total. The summed E-state index contributed by atoms with van der Waals surface area (Å²) in [5.74, 6) is 0.825. The van der Waals surface area contributed by atoms with Crippen LogP contribution in [0, 0.1) is 11.3 Å². The molecule has 0 aromatic carbocycles. The highest BCUT2D eigenvalue weighted by Gasteiger charge is 2.38. The summed E-state index contributed by atoms with van der Waals surface area (Å²) in [5, 5.41) is 0. The van der Waals surface area contributed by atoms with E-state index in [4.69, 9.17) is 10.5 Å². The molecule has 3 heteroatoms. The molecule has 19 heavy (non-hydrogen) atoms. The van der Waals surface area contributed by atoms with Gasteiger partial charge in [-0.3, -0.25) is 4.90 Å². The van der Waals surface area contributed by atoms with E-state index in [2.05, 4.69) is 25.7 Å². The summed E-state index contributed by atoms with van der Waals surface area (Å²) in [6.45, 7) is 11.2. The minimum absolute atomic E-state index is 0.363. The molecule has 1 aliphatic heterocycles. The monoisotopic (exact) mass is 268 g/mol. The molecular formula is C16H32N2O. The Morgan fingerprint density at radius 2 is 2.00 bits per heavy atom. The fourth-order valence-corrected chi connectivity index (χ4v) is 3.69. The minimum Gasteiger partial charge on any atom is -0.380 e. The van der Waals surface area contributed by atoms with Gasteiger partial charge in [0, 0.05) is 31.8 Å². The summed E-state index contributed by atoms with van der Waals surface area (Å²) < 4.78 is 5.58. The van der Waals surface area contributed by atoms with Crippen molar-refractivity contribution in [2.45, 2.75) is 65.0 Å². The molecule has 1 aliphatic carbocycles. The van der Waals surface area contributed by atoms with Crippen LogP contribution in [0.25, 0.3) is 0 Å². The third-order valence-electron chi connectivity index (χ3n) is 5.61. The molecule has 2 rings (SSSR count). The topological polar surface area (TPSA) is 38.5 Å². The molecule has 2 N–H and O–H groups in total. The Labute approximate surface area is 118 Å². The van der Waals surface area contributed by atoms with Crippen LogP contribution in [0.15, 0.2) is 0 Å². The third-order valence-corrected chi connectivity index (χ3v) is 5.61. The zero-order chi connectivity index (χ0) is 13.9. The lowest BCUT2D eigenvalue weighted by Crippen LogP contribution is -2.53. The second-order valence-electron chi connectivity index (χ2n) is 7.09. The first-order chi connectivity index (χ1) is 9.04. The van der Waals surface area contributed by atoms with Gasteiger partial charge in [-0.05, 0) is 37.0 Å². The Bertz CT molecular complexity index is 272. The number of nitrogens with zero attached hydrogens (tertiary/aromatic N) is 1. The van der Waals surface area contributed by atoms with Gasteiger partial charge in [-0.2, -0.15) is 0 Å². The predicted molar refractivity (Wildman–Crippen MR) is 80.2 cm³/mol. The standard InChI is InChI=1S/C16H32N2O/c1-4-16(2,3)13-6-7-14(17)15(12-13)18-8-5-10-19-11-9-18/h13-15H,4-12,17H2,1-3H3. The number of hydrogen-bond donors (Lipinski definition) is 1. The zero-order valence-corrected chi connectivity index (χ0v) is 13.0. The van der Waals surface area contributed by atoms with E-state index in [1.807, 2.05) is 0 Å². The first kappa shape index (κ1) is 15.3. The minimum atomic E-state index is 0.363. The van der Waals surface area contributed by atoms with Gasteiger partial charge in [-0.15, -0.1) is 0 Å². The molecular weight excluding hydrogens is 236 g/mol. The van der Waals surface area contributed by atoms with Crippen LogP contribution in [-0.2, 0) is 4.74 Å². The van der Waals surface area contributed by atoms with Gasteiger partial charge in [-0.1, -0.05) is 27.2 Å². The van der Waals surface area contributed by atoms with Crippen molar-refractivity contribution in [3.05, 3.63) is 0 Å². The van der Waals surface area contributed by atoms with E-state index in [1.165, 1.54) is 25.7 Å². The molecule has 1 saturated heterocycles. The van der Waals surface area contributed by atoms with Crippen molar-refractivity contribution in [2.24, 2.45) is 17.1 Å². The van der Waals surface area contributed by atoms with Crippen molar-refractivity contribution in [2.75, 3.05) is 26.3 Å². The molecule has 2 fully saturated rings. The molecule has 2 aliphatic rings. The predicted octanol–water partition coefficient (Wildman–Crippen LogP) is 2.64. The van der Waals surface area contributed by atoms with Gasteiger partial charge in [0.2, 0.25) is 0 Å². The van der Waals surface area contributed by atoms with Crippen molar-refractivity contribution >= 4 is 0 Å². The average molecular weight is 268 g/mol. The van der Waals surface area contributed by atoms with Crippen LogP contribution in [0.4, 0.5) is 0 Å². The van der Waals surface area contributed by atoms with Crippen molar-refractivity contribution in [1.29, 1.82) is 0 Å². The van der Waals surface area contributed by atoms with Gasteiger partial charge in [-0.25, -0.2) is 0 Å². The van der Waals surface area contributed by atoms with Gasteiger partial charge in [0.05, 0.1) is 6.61 Å². The summed E-state index contributed by atoms with van der Waals surface area (Å²) in [7, 11) is 0. The summed E-state index contributed by atoms with van der Waals surface area (Å²) >= 11 is 0. The van der Waals surface area contributed by atoms with Crippen LogP contribution in [0.5, 0.6) is 0 Å². The Hall–Kier alpha value is -0.120. The van der Waals surface area contributed by atoms with Gasteiger partial charge in [0.25, 0.3) is 0 Å². The Morgan fingerprint density at radius 3 is 2.74 bits per heavy atom. The van der Waals surface area contributed by atoms with Crippen LogP contribution < -0.4 is 5.73 Å². The largest absolute Gasteiger partial charge is 0.380 e. The van der Waals surface area contributed by atoms with Crippen LogP contribution in [-0.4, -0.2) is 43.3 Å². The van der Waals surface area contributed by atoms with Crippen LogP contribution >= 0.6 is 0 Å². The number of ether oxygens (including phenoxy) is 1. The maximum Gasteiger partial charge on any atom is 0.0593 e. The summed E-state index contributed by atoms with van der Waals surface area (Å²) in [5.41, 5.74) is 6.88. The molecule has 1 saturated carbocycles. The lowest BCUT2D eigenvalue weighted by atomic mass is 9.67. The first-order valence-electron chi connectivity index (χ1n) is 8.12. The maximum absolute atomic E-state index is 6.43. The molecule has 1 heterocycles. The first-order valence-corrected chi connectivity index (χ1v) is 8.12. The molecule has 3 unspecified atom stereocenters. The molecule has 112 valence electrons. The average Bonchev–Trinajstić information content (AvgIpc) is 2.68. The molecule has 0 spiro atoms. The lowest BCUT2D eigenvalue weighted by molar-refractivity contribution is 0.0568. The summed E-state index contributed by atoms with van der Waals surface area (Å²) in [6, 6.07) is 0.938. The van der Waals surface area contributed by atoms with Crippen LogP contribution in [0.2, 0.25) is 0 Å². The molecule has 3 atom stereocenters. The second kappa shape index (κ2) is 6.55. The zero-order valence-electron chi connectivity index (χ0n) is 13.0. The Kier molecular flexibility index (Phi) is 5.27. The molecule has 0 aromatic rings. The second-order valence-corrected chi connectivity index (χ2v) is 7.09. The van der Waals surface area contributed by atoms with E-state index < -0.39 is 0 Å². The van der Waals surface area contributed by atoms with Crippen molar-refractivity contribution in [1.82, 2.24) is 4.90 Å². The Balaban J connectivity index is 2.01. The SMILES string of the molecule is CCC(C)(C)C1CCC(N)C(N2CCCOCC2)C1. The lowest BCUT2D eigenvalue weighted by Gasteiger charge is -2.45. The molecule has 0 bridgehead atoms. The highest BCUT2D eigenvalue weighted by Crippen LogP contribution is 2.41. The van der Waals surface area contributed by atoms with E-state index in [1.54, 1.807) is 0 Å². The normalized spacial score (nSPS) is 35.1. The molecule has 0 aromatic heterocycles. The van der Waals surface area contributed by atoms with E-state index in [9.17, 15) is 0 Å². The van der Waals surface area contributed by atoms with Gasteiger partial charge < -0.3 is 10.5 Å². The van der Waals surface area contributed by atoms with Gasteiger partial charge in [0.1, 0.15) is 0 Å². The van der Waals surface area contributed by atoms with Crippen molar-refractivity contribution < 1.29 is 4.74 Å². The Morgan fingerprint density at radius 1 is 1.21 bits per heavy atom. The van der Waals surface area contributed by atoms with E-state index in [-0.39, 0.29) is 0 Å². The highest BCUT2D eigenvalue weighted by atomic mass is 16.5. The van der Waals surface area contributed by atoms with Crippen molar-refractivity contribution in [3.8, 4) is 0 Å². The van der Waals surface area contributed by atoms with E-state index in [0.29, 0.717) is 17.5 Å². The maximum atomic E-state index is 6.43. The van der Waals surface area contributed by atoms with E-state index >= 15 is 0 Å². The summed E-state index contributed by atoms with van der Waals surface area (Å²) in [4.78, 5) is 2.61. The van der Waals surface area contributed by atoms with Crippen LogP contribution in [0.3, 0.4) is 0 Å². The molecule has 0 amide bonds. The fraction of sp³-hybridized carbons (Fsp3) is 1.00.